The first-order valence-electron chi connectivity index (χ1n) is 6.28. The molecule has 0 radical (unpaired) electrons. The molecule has 0 spiro atoms. The number of fused-ring (bicyclic) bond motifs is 1. The van der Waals surface area contributed by atoms with Gasteiger partial charge in [-0.1, -0.05) is 44.0 Å². The third kappa shape index (κ3) is 2.93. The van der Waals surface area contributed by atoms with E-state index >= 15 is 0 Å². The Labute approximate surface area is 102 Å². The molecular weight excluding hydrogens is 210 g/mol. The molecule has 0 aliphatic rings. The van der Waals surface area contributed by atoms with Gasteiger partial charge in [0, 0.05) is 16.8 Å². The zero-order valence-corrected chi connectivity index (χ0v) is 10.5. The third-order valence-corrected chi connectivity index (χ3v) is 2.94. The first-order valence-corrected chi connectivity index (χ1v) is 6.28. The Bertz CT molecular complexity index is 476. The highest BCUT2D eigenvalue weighted by Crippen LogP contribution is 2.20. The summed E-state index contributed by atoms with van der Waals surface area (Å²) in [5.41, 5.74) is 0. The molecule has 0 bridgehead atoms. The molecule has 2 rings (SSSR count). The third-order valence-electron chi connectivity index (χ3n) is 2.94. The lowest BCUT2D eigenvalue weighted by atomic mass is 10.1. The van der Waals surface area contributed by atoms with Crippen LogP contribution in [0.5, 0.6) is 0 Å². The van der Waals surface area contributed by atoms with Gasteiger partial charge in [0.1, 0.15) is 0 Å². The van der Waals surface area contributed by atoms with Crippen LogP contribution < -0.4 is 5.32 Å². The van der Waals surface area contributed by atoms with Crippen molar-refractivity contribution in [3.8, 4) is 0 Å². The molecule has 2 aromatic rings. The fraction of sp³-hybridized carbons (Fsp3) is 0.429. The van der Waals surface area contributed by atoms with Crippen molar-refractivity contribution < 1.29 is 0 Å². The standard InChI is InChI=1S/C14H19N3/c1-3-4-7-11(2)16-14-13-9-6-5-8-12(13)10-15-17-14/h5-6,8-11H,3-4,7H2,1-2H3,(H,16,17). The highest BCUT2D eigenvalue weighted by atomic mass is 15.2. The molecule has 0 fully saturated rings. The number of rotatable bonds is 5. The zero-order valence-electron chi connectivity index (χ0n) is 10.5. The molecule has 3 nitrogen and oxygen atoms in total. The number of aromatic nitrogens is 2. The summed E-state index contributed by atoms with van der Waals surface area (Å²) >= 11 is 0. The van der Waals surface area contributed by atoms with Crippen LogP contribution in [0, 0.1) is 0 Å². The normalized spacial score (nSPS) is 12.6. The number of hydrogen-bond donors (Lipinski definition) is 1. The van der Waals surface area contributed by atoms with Gasteiger partial charge in [0.15, 0.2) is 5.82 Å². The van der Waals surface area contributed by atoms with Crippen LogP contribution in [0.3, 0.4) is 0 Å². The summed E-state index contributed by atoms with van der Waals surface area (Å²) in [7, 11) is 0. The SMILES string of the molecule is CCCCC(C)Nc1nncc2ccccc12. The summed E-state index contributed by atoms with van der Waals surface area (Å²) in [5, 5.41) is 13.9. The summed E-state index contributed by atoms with van der Waals surface area (Å²) in [6.07, 6.45) is 5.44. The van der Waals surface area contributed by atoms with Gasteiger partial charge in [-0.15, -0.1) is 5.10 Å². The number of benzene rings is 1. The predicted octanol–water partition coefficient (Wildman–Crippen LogP) is 3.62. The number of nitrogens with zero attached hydrogens (tertiary/aromatic N) is 2. The van der Waals surface area contributed by atoms with E-state index in [4.69, 9.17) is 0 Å². The second kappa shape index (κ2) is 5.62. The molecule has 1 aromatic heterocycles. The van der Waals surface area contributed by atoms with Crippen LogP contribution >= 0.6 is 0 Å². The summed E-state index contributed by atoms with van der Waals surface area (Å²) in [4.78, 5) is 0. The van der Waals surface area contributed by atoms with E-state index in [0.717, 1.165) is 16.6 Å². The Morgan fingerprint density at radius 1 is 1.29 bits per heavy atom. The van der Waals surface area contributed by atoms with Gasteiger partial charge in [-0.25, -0.2) is 0 Å². The minimum absolute atomic E-state index is 0.440. The van der Waals surface area contributed by atoms with Crippen molar-refractivity contribution in [2.45, 2.75) is 39.2 Å². The maximum atomic E-state index is 4.19. The Hall–Kier alpha value is -1.64. The first-order chi connectivity index (χ1) is 8.31. The van der Waals surface area contributed by atoms with Crippen molar-refractivity contribution in [2.75, 3.05) is 5.32 Å². The molecule has 1 heterocycles. The minimum atomic E-state index is 0.440. The van der Waals surface area contributed by atoms with E-state index in [9.17, 15) is 0 Å². The molecule has 0 aliphatic heterocycles. The van der Waals surface area contributed by atoms with Crippen molar-refractivity contribution in [3.05, 3.63) is 30.5 Å². The second-order valence-electron chi connectivity index (χ2n) is 4.47. The van der Waals surface area contributed by atoms with Crippen LogP contribution in [0.25, 0.3) is 10.8 Å². The van der Waals surface area contributed by atoms with Crippen LogP contribution in [0.1, 0.15) is 33.1 Å². The molecule has 1 aromatic carbocycles. The summed E-state index contributed by atoms with van der Waals surface area (Å²) < 4.78 is 0. The van der Waals surface area contributed by atoms with Gasteiger partial charge in [-0.2, -0.15) is 5.10 Å². The lowest BCUT2D eigenvalue weighted by Crippen LogP contribution is -2.16. The van der Waals surface area contributed by atoms with E-state index in [-0.39, 0.29) is 0 Å². The van der Waals surface area contributed by atoms with Gasteiger partial charge in [-0.05, 0) is 13.3 Å². The molecule has 0 saturated heterocycles. The topological polar surface area (TPSA) is 37.8 Å². The number of nitrogens with one attached hydrogen (secondary N) is 1. The average molecular weight is 229 g/mol. The molecular formula is C14H19N3. The van der Waals surface area contributed by atoms with Crippen LogP contribution in [-0.2, 0) is 0 Å². The average Bonchev–Trinajstić information content (AvgIpc) is 2.37. The van der Waals surface area contributed by atoms with E-state index in [1.54, 1.807) is 6.20 Å². The summed E-state index contributed by atoms with van der Waals surface area (Å²) in [6.45, 7) is 4.41. The number of anilines is 1. The van der Waals surface area contributed by atoms with Crippen LogP contribution in [-0.4, -0.2) is 16.2 Å². The van der Waals surface area contributed by atoms with Gasteiger partial charge in [0.25, 0.3) is 0 Å². The Morgan fingerprint density at radius 3 is 2.94 bits per heavy atom. The van der Waals surface area contributed by atoms with Crippen molar-refractivity contribution in [1.82, 2.24) is 10.2 Å². The Kier molecular flexibility index (Phi) is 3.91. The van der Waals surface area contributed by atoms with E-state index in [0.29, 0.717) is 6.04 Å². The zero-order chi connectivity index (χ0) is 12.1. The van der Waals surface area contributed by atoms with Crippen LogP contribution in [0.4, 0.5) is 5.82 Å². The number of hydrogen-bond acceptors (Lipinski definition) is 3. The van der Waals surface area contributed by atoms with Crippen molar-refractivity contribution in [1.29, 1.82) is 0 Å². The van der Waals surface area contributed by atoms with E-state index in [1.807, 2.05) is 12.1 Å². The van der Waals surface area contributed by atoms with E-state index in [1.165, 1.54) is 19.3 Å². The fourth-order valence-corrected chi connectivity index (χ4v) is 1.95. The van der Waals surface area contributed by atoms with E-state index < -0.39 is 0 Å². The van der Waals surface area contributed by atoms with Crippen LogP contribution in [0.15, 0.2) is 30.5 Å². The molecule has 0 amide bonds. The summed E-state index contributed by atoms with van der Waals surface area (Å²) in [6, 6.07) is 8.64. The maximum absolute atomic E-state index is 4.19. The largest absolute Gasteiger partial charge is 0.366 e. The molecule has 1 N–H and O–H groups in total. The molecule has 90 valence electrons. The van der Waals surface area contributed by atoms with Gasteiger partial charge < -0.3 is 5.32 Å². The number of unbranched alkanes of at least 4 members (excludes halogenated alkanes) is 1. The van der Waals surface area contributed by atoms with Crippen molar-refractivity contribution in [3.63, 3.8) is 0 Å². The van der Waals surface area contributed by atoms with Gasteiger partial charge in [-0.3, -0.25) is 0 Å². The molecule has 1 unspecified atom stereocenters. The van der Waals surface area contributed by atoms with Gasteiger partial charge in [0.2, 0.25) is 0 Å². The highest BCUT2D eigenvalue weighted by Gasteiger charge is 2.06. The molecule has 0 saturated carbocycles. The summed E-state index contributed by atoms with van der Waals surface area (Å²) in [5.74, 6) is 0.895. The predicted molar refractivity (Wildman–Crippen MR) is 72.1 cm³/mol. The smallest absolute Gasteiger partial charge is 0.156 e. The Morgan fingerprint density at radius 2 is 2.12 bits per heavy atom. The quantitative estimate of drug-likeness (QED) is 0.851. The molecule has 1 atom stereocenters. The van der Waals surface area contributed by atoms with E-state index in [2.05, 4.69) is 41.5 Å². The monoisotopic (exact) mass is 229 g/mol. The lowest BCUT2D eigenvalue weighted by molar-refractivity contribution is 0.643. The molecule has 3 heteroatoms. The lowest BCUT2D eigenvalue weighted by Gasteiger charge is -2.14. The van der Waals surface area contributed by atoms with Crippen molar-refractivity contribution in [2.24, 2.45) is 0 Å². The molecule has 0 aliphatic carbocycles. The highest BCUT2D eigenvalue weighted by molar-refractivity contribution is 5.90. The second-order valence-corrected chi connectivity index (χ2v) is 4.47. The van der Waals surface area contributed by atoms with Gasteiger partial charge >= 0.3 is 0 Å². The van der Waals surface area contributed by atoms with Crippen LogP contribution in [0.2, 0.25) is 0 Å². The first kappa shape index (κ1) is 11.8. The molecule has 17 heavy (non-hydrogen) atoms. The van der Waals surface area contributed by atoms with Crippen molar-refractivity contribution >= 4 is 16.6 Å². The maximum Gasteiger partial charge on any atom is 0.156 e. The fourth-order valence-electron chi connectivity index (χ4n) is 1.95. The Balaban J connectivity index is 2.18. The minimum Gasteiger partial charge on any atom is -0.366 e. The van der Waals surface area contributed by atoms with Gasteiger partial charge in [0.05, 0.1) is 6.20 Å².